The van der Waals surface area contributed by atoms with E-state index in [-0.39, 0.29) is 11.8 Å². The fourth-order valence-electron chi connectivity index (χ4n) is 2.70. The lowest BCUT2D eigenvalue weighted by atomic mass is 9.93. The van der Waals surface area contributed by atoms with Crippen molar-refractivity contribution in [1.82, 2.24) is 10.6 Å². The summed E-state index contributed by atoms with van der Waals surface area (Å²) in [5.41, 5.74) is 1.29. The monoisotopic (exact) mass is 315 g/mol. The quantitative estimate of drug-likeness (QED) is 0.676. The summed E-state index contributed by atoms with van der Waals surface area (Å²) in [5.74, 6) is 0.541. The maximum absolute atomic E-state index is 12.0. The van der Waals surface area contributed by atoms with Crippen LogP contribution >= 0.6 is 0 Å². The van der Waals surface area contributed by atoms with E-state index in [1.807, 2.05) is 0 Å². The van der Waals surface area contributed by atoms with E-state index < -0.39 is 0 Å². The lowest BCUT2D eigenvalue weighted by molar-refractivity contribution is -0.116. The molecule has 5 heteroatoms. The Morgan fingerprint density at radius 3 is 2.57 bits per heavy atom. The molecule has 1 fully saturated rings. The van der Waals surface area contributed by atoms with Gasteiger partial charge in [-0.3, -0.25) is 9.59 Å². The molecule has 5 nitrogen and oxygen atoms in total. The molecule has 2 amide bonds. The summed E-state index contributed by atoms with van der Waals surface area (Å²) in [6.07, 6.45) is 5.43. The fourth-order valence-corrected chi connectivity index (χ4v) is 2.70. The SMILES string of the molecule is C=CCNC(=O)c1ccc(NC(=O)CCC2CCNCC2)cc1. The predicted octanol–water partition coefficient (Wildman–Crippen LogP) is 2.32. The van der Waals surface area contributed by atoms with E-state index in [2.05, 4.69) is 22.5 Å². The van der Waals surface area contributed by atoms with E-state index in [0.717, 1.165) is 38.0 Å². The number of hydrogen-bond acceptors (Lipinski definition) is 3. The average Bonchev–Trinajstić information content (AvgIpc) is 2.59. The van der Waals surface area contributed by atoms with E-state index in [9.17, 15) is 9.59 Å². The lowest BCUT2D eigenvalue weighted by Crippen LogP contribution is -2.28. The van der Waals surface area contributed by atoms with E-state index >= 15 is 0 Å². The Labute approximate surface area is 137 Å². The van der Waals surface area contributed by atoms with Crippen molar-refractivity contribution in [3.63, 3.8) is 0 Å². The highest BCUT2D eigenvalue weighted by Crippen LogP contribution is 2.18. The molecule has 0 radical (unpaired) electrons. The Morgan fingerprint density at radius 1 is 1.22 bits per heavy atom. The number of anilines is 1. The topological polar surface area (TPSA) is 70.2 Å². The van der Waals surface area contributed by atoms with Crippen LogP contribution in [0.3, 0.4) is 0 Å². The first-order chi connectivity index (χ1) is 11.2. The third-order valence-corrected chi connectivity index (χ3v) is 4.08. The van der Waals surface area contributed by atoms with Gasteiger partial charge in [0.25, 0.3) is 5.91 Å². The van der Waals surface area contributed by atoms with Gasteiger partial charge in [0.2, 0.25) is 5.91 Å². The van der Waals surface area contributed by atoms with Gasteiger partial charge < -0.3 is 16.0 Å². The molecule has 1 aliphatic rings. The first-order valence-corrected chi connectivity index (χ1v) is 8.19. The van der Waals surface area contributed by atoms with Crippen LogP contribution in [0.1, 0.15) is 36.0 Å². The van der Waals surface area contributed by atoms with Gasteiger partial charge in [0.15, 0.2) is 0 Å². The minimum absolute atomic E-state index is 0.0346. The molecule has 1 heterocycles. The molecule has 23 heavy (non-hydrogen) atoms. The summed E-state index contributed by atoms with van der Waals surface area (Å²) in [7, 11) is 0. The van der Waals surface area contributed by atoms with Gasteiger partial charge in [0.05, 0.1) is 0 Å². The van der Waals surface area contributed by atoms with Crippen molar-refractivity contribution in [2.24, 2.45) is 5.92 Å². The summed E-state index contributed by atoms with van der Waals surface area (Å²) in [6, 6.07) is 6.93. The highest BCUT2D eigenvalue weighted by atomic mass is 16.2. The first-order valence-electron chi connectivity index (χ1n) is 8.19. The average molecular weight is 315 g/mol. The molecular weight excluding hydrogens is 290 g/mol. The van der Waals surface area contributed by atoms with Gasteiger partial charge >= 0.3 is 0 Å². The van der Waals surface area contributed by atoms with Gasteiger partial charge in [0, 0.05) is 24.2 Å². The van der Waals surface area contributed by atoms with E-state index in [4.69, 9.17) is 0 Å². The Bertz CT molecular complexity index is 534. The lowest BCUT2D eigenvalue weighted by Gasteiger charge is -2.22. The molecule has 1 saturated heterocycles. The van der Waals surface area contributed by atoms with Crippen LogP contribution in [0.25, 0.3) is 0 Å². The van der Waals surface area contributed by atoms with Crippen LogP contribution in [0.4, 0.5) is 5.69 Å². The molecule has 0 aliphatic carbocycles. The number of hydrogen-bond donors (Lipinski definition) is 3. The molecule has 3 N–H and O–H groups in total. The molecule has 0 spiro atoms. The zero-order chi connectivity index (χ0) is 16.5. The summed E-state index contributed by atoms with van der Waals surface area (Å²) in [6.45, 7) is 6.11. The fraction of sp³-hybridized carbons (Fsp3) is 0.444. The van der Waals surface area contributed by atoms with Crippen LogP contribution in [0.2, 0.25) is 0 Å². The van der Waals surface area contributed by atoms with E-state index in [1.54, 1.807) is 30.3 Å². The number of rotatable bonds is 7. The van der Waals surface area contributed by atoms with Crippen molar-refractivity contribution in [3.05, 3.63) is 42.5 Å². The minimum Gasteiger partial charge on any atom is -0.349 e. The molecule has 1 aliphatic heterocycles. The molecular formula is C18H25N3O2. The molecule has 1 aromatic rings. The second-order valence-corrected chi connectivity index (χ2v) is 5.86. The summed E-state index contributed by atoms with van der Waals surface area (Å²) in [4.78, 5) is 23.8. The number of carbonyl (C=O) groups excluding carboxylic acids is 2. The van der Waals surface area contributed by atoms with Crippen molar-refractivity contribution in [2.75, 3.05) is 25.0 Å². The normalized spacial score (nSPS) is 15.0. The maximum atomic E-state index is 12.0. The van der Waals surface area contributed by atoms with Crippen molar-refractivity contribution >= 4 is 17.5 Å². The summed E-state index contributed by atoms with van der Waals surface area (Å²) < 4.78 is 0. The zero-order valence-corrected chi connectivity index (χ0v) is 13.4. The predicted molar refractivity (Wildman–Crippen MR) is 92.4 cm³/mol. The van der Waals surface area contributed by atoms with Gasteiger partial charge in [-0.2, -0.15) is 0 Å². The van der Waals surface area contributed by atoms with Gasteiger partial charge in [-0.05, 0) is 62.5 Å². The minimum atomic E-state index is -0.145. The third kappa shape index (κ3) is 5.87. The van der Waals surface area contributed by atoms with Crippen LogP contribution < -0.4 is 16.0 Å². The Morgan fingerprint density at radius 2 is 1.91 bits per heavy atom. The number of benzene rings is 1. The Balaban J connectivity index is 1.77. The Hall–Kier alpha value is -2.14. The molecule has 0 unspecified atom stereocenters. The molecule has 124 valence electrons. The second-order valence-electron chi connectivity index (χ2n) is 5.86. The number of piperidine rings is 1. The summed E-state index contributed by atoms with van der Waals surface area (Å²) >= 11 is 0. The number of nitrogens with one attached hydrogen (secondary N) is 3. The van der Waals surface area contributed by atoms with Crippen LogP contribution in [0, 0.1) is 5.92 Å². The van der Waals surface area contributed by atoms with Crippen LogP contribution in [0.15, 0.2) is 36.9 Å². The van der Waals surface area contributed by atoms with Gasteiger partial charge in [0.1, 0.15) is 0 Å². The zero-order valence-electron chi connectivity index (χ0n) is 13.4. The van der Waals surface area contributed by atoms with Gasteiger partial charge in [-0.15, -0.1) is 6.58 Å². The molecule has 0 bridgehead atoms. The van der Waals surface area contributed by atoms with Crippen molar-refractivity contribution in [2.45, 2.75) is 25.7 Å². The first kappa shape index (κ1) is 17.2. The molecule has 0 atom stereocenters. The van der Waals surface area contributed by atoms with Crippen LogP contribution in [0.5, 0.6) is 0 Å². The van der Waals surface area contributed by atoms with Crippen molar-refractivity contribution < 1.29 is 9.59 Å². The van der Waals surface area contributed by atoms with Crippen LogP contribution in [-0.2, 0) is 4.79 Å². The second kappa shape index (κ2) is 9.10. The maximum Gasteiger partial charge on any atom is 0.251 e. The molecule has 0 aromatic heterocycles. The highest BCUT2D eigenvalue weighted by molar-refractivity contribution is 5.95. The summed E-state index contributed by atoms with van der Waals surface area (Å²) in [5, 5.41) is 8.94. The third-order valence-electron chi connectivity index (χ3n) is 4.08. The highest BCUT2D eigenvalue weighted by Gasteiger charge is 2.14. The van der Waals surface area contributed by atoms with Crippen molar-refractivity contribution in [1.29, 1.82) is 0 Å². The van der Waals surface area contributed by atoms with Gasteiger partial charge in [-0.1, -0.05) is 6.08 Å². The molecule has 0 saturated carbocycles. The molecule has 2 rings (SSSR count). The van der Waals surface area contributed by atoms with Crippen molar-refractivity contribution in [3.8, 4) is 0 Å². The standard InChI is InChI=1S/C18H25N3O2/c1-2-11-20-18(23)15-4-6-16(7-5-15)21-17(22)8-3-14-9-12-19-13-10-14/h2,4-7,14,19H,1,3,8-13H2,(H,20,23)(H,21,22). The number of amides is 2. The van der Waals surface area contributed by atoms with Gasteiger partial charge in [-0.25, -0.2) is 0 Å². The van der Waals surface area contributed by atoms with Crippen LogP contribution in [-0.4, -0.2) is 31.4 Å². The smallest absolute Gasteiger partial charge is 0.251 e. The molecule has 1 aromatic carbocycles. The Kier molecular flexibility index (Phi) is 6.81. The largest absolute Gasteiger partial charge is 0.349 e. The number of carbonyl (C=O) groups is 2. The van der Waals surface area contributed by atoms with E-state index in [0.29, 0.717) is 24.4 Å². The van der Waals surface area contributed by atoms with E-state index in [1.165, 1.54) is 0 Å².